The molecule has 3 aromatic rings. The van der Waals surface area contributed by atoms with Crippen LogP contribution in [0.1, 0.15) is 31.1 Å². The number of hydrogen-bond acceptors (Lipinski definition) is 7. The number of alkyl carbamates (subject to hydrolysis) is 1. The fraction of sp³-hybridized carbons (Fsp3) is 0.333. The van der Waals surface area contributed by atoms with Crippen LogP contribution < -0.4 is 16.0 Å². The third-order valence-electron chi connectivity index (χ3n) is 5.87. The number of ether oxygens (including phenoxy) is 1. The van der Waals surface area contributed by atoms with E-state index >= 15 is 0 Å². The van der Waals surface area contributed by atoms with Crippen LogP contribution in [-0.2, 0) is 9.53 Å². The molecular weight excluding hydrogens is 441 g/mol. The van der Waals surface area contributed by atoms with Crippen molar-refractivity contribution in [3.8, 4) is 11.1 Å². The molecule has 1 fully saturated rings. The molecule has 178 valence electrons. The van der Waals surface area contributed by atoms with E-state index < -0.39 is 18.1 Å². The van der Waals surface area contributed by atoms with Gasteiger partial charge in [-0.25, -0.2) is 14.2 Å². The Hall–Kier alpha value is -3.95. The second kappa shape index (κ2) is 10.8. The van der Waals surface area contributed by atoms with Gasteiger partial charge in [0.15, 0.2) is 5.76 Å². The van der Waals surface area contributed by atoms with E-state index in [4.69, 9.17) is 15.0 Å². The van der Waals surface area contributed by atoms with Gasteiger partial charge in [0, 0.05) is 37.5 Å². The number of aromatic nitrogens is 2. The van der Waals surface area contributed by atoms with E-state index in [0.717, 1.165) is 49.3 Å². The van der Waals surface area contributed by atoms with Gasteiger partial charge in [-0.1, -0.05) is 17.3 Å². The predicted octanol–water partition coefficient (Wildman–Crippen LogP) is 3.44. The number of benzene rings is 1. The van der Waals surface area contributed by atoms with Crippen LogP contribution in [-0.4, -0.2) is 41.8 Å². The quantitative estimate of drug-likeness (QED) is 0.520. The number of carbonyl (C=O) groups is 2. The van der Waals surface area contributed by atoms with E-state index in [1.54, 1.807) is 12.3 Å². The summed E-state index contributed by atoms with van der Waals surface area (Å²) in [5.41, 5.74) is 6.94. The zero-order chi connectivity index (χ0) is 23.9. The summed E-state index contributed by atoms with van der Waals surface area (Å²) in [7, 11) is 0. The minimum Gasteiger partial charge on any atom is -0.428 e. The Balaban J connectivity index is 1.20. The highest BCUT2D eigenvalue weighted by Gasteiger charge is 2.26. The lowest BCUT2D eigenvalue weighted by Crippen LogP contribution is -2.36. The van der Waals surface area contributed by atoms with Gasteiger partial charge in [-0.2, -0.15) is 0 Å². The van der Waals surface area contributed by atoms with Crippen LogP contribution in [0.25, 0.3) is 11.1 Å². The molecule has 0 bridgehead atoms. The van der Waals surface area contributed by atoms with Crippen molar-refractivity contribution in [3.05, 3.63) is 66.4 Å². The molecule has 10 heteroatoms. The molecular formula is C24H26FN5O4. The van der Waals surface area contributed by atoms with Crippen molar-refractivity contribution < 1.29 is 23.2 Å². The van der Waals surface area contributed by atoms with Gasteiger partial charge < -0.3 is 25.2 Å². The van der Waals surface area contributed by atoms with Gasteiger partial charge in [0.2, 0.25) is 6.10 Å². The smallest absolute Gasteiger partial charge is 0.408 e. The summed E-state index contributed by atoms with van der Waals surface area (Å²) >= 11 is 0. The van der Waals surface area contributed by atoms with Gasteiger partial charge in [0.25, 0.3) is 5.91 Å². The van der Waals surface area contributed by atoms with Gasteiger partial charge >= 0.3 is 6.09 Å². The summed E-state index contributed by atoms with van der Waals surface area (Å²) in [4.78, 5) is 30.3. The molecule has 1 aromatic carbocycles. The molecule has 9 nitrogen and oxygen atoms in total. The van der Waals surface area contributed by atoms with Crippen molar-refractivity contribution in [2.45, 2.75) is 25.4 Å². The summed E-state index contributed by atoms with van der Waals surface area (Å²) in [6.45, 7) is 2.14. The molecule has 1 aliphatic heterocycles. The van der Waals surface area contributed by atoms with Crippen molar-refractivity contribution in [2.75, 3.05) is 24.5 Å². The van der Waals surface area contributed by atoms with Crippen molar-refractivity contribution in [1.82, 2.24) is 15.5 Å². The molecule has 0 radical (unpaired) electrons. The number of primary amides is 1. The zero-order valence-electron chi connectivity index (χ0n) is 18.5. The van der Waals surface area contributed by atoms with Crippen LogP contribution in [0, 0.1) is 11.7 Å². The molecule has 4 rings (SSSR count). The predicted molar refractivity (Wildman–Crippen MR) is 122 cm³/mol. The Morgan fingerprint density at radius 3 is 2.68 bits per heavy atom. The maximum absolute atomic E-state index is 13.5. The lowest BCUT2D eigenvalue weighted by Gasteiger charge is -2.33. The lowest BCUT2D eigenvalue weighted by atomic mass is 9.93. The van der Waals surface area contributed by atoms with Gasteiger partial charge in [-0.15, -0.1) is 0 Å². The topological polar surface area (TPSA) is 124 Å². The molecule has 0 spiro atoms. The SMILES string of the molecule is NC(=O)C(OC(=O)NCCC1CCN(c2ccc(-c3cccc(F)c3)cn2)CC1)c1ccno1. The molecule has 1 unspecified atom stereocenters. The van der Waals surface area contributed by atoms with Crippen molar-refractivity contribution in [3.63, 3.8) is 0 Å². The first-order valence-corrected chi connectivity index (χ1v) is 11.1. The minimum absolute atomic E-state index is 0.0765. The molecule has 2 amide bonds. The Morgan fingerprint density at radius 2 is 2.03 bits per heavy atom. The number of pyridine rings is 1. The van der Waals surface area contributed by atoms with Crippen LogP contribution in [0.5, 0.6) is 0 Å². The van der Waals surface area contributed by atoms with Crippen LogP contribution in [0.3, 0.4) is 0 Å². The Morgan fingerprint density at radius 1 is 1.21 bits per heavy atom. The van der Waals surface area contributed by atoms with Crippen molar-refractivity contribution in [1.29, 1.82) is 0 Å². The fourth-order valence-electron chi connectivity index (χ4n) is 4.01. The van der Waals surface area contributed by atoms with Crippen LogP contribution in [0.15, 0.2) is 59.4 Å². The highest BCUT2D eigenvalue weighted by molar-refractivity contribution is 5.82. The molecule has 0 aliphatic carbocycles. The van der Waals surface area contributed by atoms with Gasteiger partial charge in [-0.3, -0.25) is 4.79 Å². The number of halogens is 1. The summed E-state index contributed by atoms with van der Waals surface area (Å²) in [6.07, 6.45) is 3.78. The first-order valence-electron chi connectivity index (χ1n) is 11.1. The number of rotatable bonds is 8. The number of carbonyl (C=O) groups excluding carboxylic acids is 2. The molecule has 0 saturated carbocycles. The zero-order valence-corrected chi connectivity index (χ0v) is 18.5. The van der Waals surface area contributed by atoms with Crippen molar-refractivity contribution >= 4 is 17.8 Å². The van der Waals surface area contributed by atoms with Crippen LogP contribution in [0.2, 0.25) is 0 Å². The number of amides is 2. The van der Waals surface area contributed by atoms with E-state index in [-0.39, 0.29) is 11.6 Å². The number of hydrogen-bond donors (Lipinski definition) is 2. The molecule has 3 heterocycles. The summed E-state index contributed by atoms with van der Waals surface area (Å²) in [5.74, 6) is 0.313. The molecule has 1 atom stereocenters. The molecule has 1 saturated heterocycles. The first kappa shape index (κ1) is 23.2. The first-order chi connectivity index (χ1) is 16.5. The van der Waals surface area contributed by atoms with Gasteiger partial charge in [0.05, 0.1) is 6.20 Å². The molecule has 34 heavy (non-hydrogen) atoms. The minimum atomic E-state index is -1.31. The maximum Gasteiger partial charge on any atom is 0.408 e. The van der Waals surface area contributed by atoms with E-state index in [2.05, 4.69) is 20.4 Å². The molecule has 2 aromatic heterocycles. The van der Waals surface area contributed by atoms with E-state index in [1.807, 2.05) is 18.2 Å². The number of nitrogens with one attached hydrogen (secondary N) is 1. The second-order valence-electron chi connectivity index (χ2n) is 8.16. The summed E-state index contributed by atoms with van der Waals surface area (Å²) in [6, 6.07) is 11.8. The van der Waals surface area contributed by atoms with E-state index in [0.29, 0.717) is 12.5 Å². The number of piperidine rings is 1. The highest BCUT2D eigenvalue weighted by Crippen LogP contribution is 2.26. The average Bonchev–Trinajstić information content (AvgIpc) is 3.37. The third-order valence-corrected chi connectivity index (χ3v) is 5.87. The third kappa shape index (κ3) is 5.89. The average molecular weight is 468 g/mol. The van der Waals surface area contributed by atoms with Gasteiger partial charge in [0.1, 0.15) is 11.6 Å². The Bertz CT molecular complexity index is 1100. The van der Waals surface area contributed by atoms with E-state index in [9.17, 15) is 14.0 Å². The lowest BCUT2D eigenvalue weighted by molar-refractivity contribution is -0.127. The largest absolute Gasteiger partial charge is 0.428 e. The Kier molecular flexibility index (Phi) is 7.36. The summed E-state index contributed by atoms with van der Waals surface area (Å²) < 4.78 is 23.4. The molecule has 1 aliphatic rings. The van der Waals surface area contributed by atoms with Crippen LogP contribution in [0.4, 0.5) is 15.0 Å². The van der Waals surface area contributed by atoms with Crippen LogP contribution >= 0.6 is 0 Å². The monoisotopic (exact) mass is 467 g/mol. The van der Waals surface area contributed by atoms with E-state index in [1.165, 1.54) is 24.4 Å². The van der Waals surface area contributed by atoms with Crippen molar-refractivity contribution in [2.24, 2.45) is 11.7 Å². The second-order valence-corrected chi connectivity index (χ2v) is 8.16. The van der Waals surface area contributed by atoms with Gasteiger partial charge in [-0.05, 0) is 55.0 Å². The normalized spacial score (nSPS) is 15.0. The Labute approximate surface area is 196 Å². The number of nitrogens with zero attached hydrogens (tertiary/aromatic N) is 3. The summed E-state index contributed by atoms with van der Waals surface area (Å²) in [5, 5.41) is 6.15. The highest BCUT2D eigenvalue weighted by atomic mass is 19.1. The number of nitrogens with two attached hydrogens (primary N) is 1. The number of anilines is 1. The maximum atomic E-state index is 13.5. The molecule has 3 N–H and O–H groups in total. The fourth-order valence-corrected chi connectivity index (χ4v) is 4.01. The standard InChI is InChI=1S/C24H26FN5O4/c25-19-3-1-2-17(14-19)18-4-5-21(28-15-18)30-12-8-16(9-13-30)6-10-27-24(32)33-22(23(26)31)20-7-11-29-34-20/h1-5,7,11,14-16,22H,6,8-10,12-13H2,(H2,26,31)(H,27,32).